The van der Waals surface area contributed by atoms with E-state index >= 15 is 0 Å². The van der Waals surface area contributed by atoms with Crippen LogP contribution in [-0.4, -0.2) is 57.5 Å². The second-order valence-corrected chi connectivity index (χ2v) is 4.33. The molecular weight excluding hydrogens is 250 g/mol. The quantitative estimate of drug-likeness (QED) is 0.310. The van der Waals surface area contributed by atoms with Gasteiger partial charge >= 0.3 is 0 Å². The topological polar surface area (TPSA) is 132 Å². The summed E-state index contributed by atoms with van der Waals surface area (Å²) in [5.74, 6) is 6.39. The molecule has 0 amide bonds. The zero-order valence-corrected chi connectivity index (χ0v) is 10.6. The molecule has 1 aromatic heterocycles. The van der Waals surface area contributed by atoms with E-state index in [1.54, 1.807) is 0 Å². The summed E-state index contributed by atoms with van der Waals surface area (Å²) in [6, 6.07) is -0.514. The van der Waals surface area contributed by atoms with Crippen LogP contribution in [0.2, 0.25) is 0 Å². The van der Waals surface area contributed by atoms with Crippen LogP contribution in [0, 0.1) is 0 Å². The first kappa shape index (κ1) is 13.7. The van der Waals surface area contributed by atoms with Crippen LogP contribution in [-0.2, 0) is 0 Å². The van der Waals surface area contributed by atoms with Gasteiger partial charge in [-0.15, -0.1) is 0 Å². The summed E-state index contributed by atoms with van der Waals surface area (Å²) >= 11 is 0. The van der Waals surface area contributed by atoms with Gasteiger partial charge in [-0.3, -0.25) is 5.43 Å². The van der Waals surface area contributed by atoms with E-state index in [1.165, 1.54) is 0 Å². The number of nitrogens with two attached hydrogens (primary N) is 1. The molecule has 0 unspecified atom stereocenters. The number of anilines is 3. The van der Waals surface area contributed by atoms with Crippen molar-refractivity contribution in [3.05, 3.63) is 0 Å². The average Bonchev–Trinajstić information content (AvgIpc) is 2.98. The number of aromatic nitrogens is 3. The van der Waals surface area contributed by atoms with Gasteiger partial charge in [0.1, 0.15) is 0 Å². The molecule has 0 bridgehead atoms. The van der Waals surface area contributed by atoms with Gasteiger partial charge < -0.3 is 20.4 Å². The minimum Gasteiger partial charge on any atom is -0.394 e. The summed E-state index contributed by atoms with van der Waals surface area (Å²) in [5, 5.41) is 20.9. The Morgan fingerprint density at radius 2 is 1.74 bits per heavy atom. The molecule has 19 heavy (non-hydrogen) atoms. The van der Waals surface area contributed by atoms with Crippen LogP contribution >= 0.6 is 0 Å². The Morgan fingerprint density at radius 3 is 2.32 bits per heavy atom. The maximum absolute atomic E-state index is 9.05. The van der Waals surface area contributed by atoms with Crippen molar-refractivity contribution in [2.24, 2.45) is 5.84 Å². The lowest BCUT2D eigenvalue weighted by Gasteiger charge is -2.18. The fraction of sp³-hybridized carbons (Fsp3) is 0.700. The van der Waals surface area contributed by atoms with Gasteiger partial charge in [0.05, 0.1) is 19.3 Å². The van der Waals surface area contributed by atoms with E-state index in [1.807, 2.05) is 4.90 Å². The molecule has 1 aromatic rings. The van der Waals surface area contributed by atoms with Gasteiger partial charge in [0.2, 0.25) is 17.8 Å². The molecule has 0 atom stereocenters. The summed E-state index contributed by atoms with van der Waals surface area (Å²) in [5.41, 5.74) is 2.39. The van der Waals surface area contributed by atoms with Crippen molar-refractivity contribution in [2.45, 2.75) is 18.9 Å². The molecule has 1 aliphatic heterocycles. The molecule has 0 spiro atoms. The molecule has 0 radical (unpaired) electrons. The number of rotatable bonds is 6. The van der Waals surface area contributed by atoms with E-state index in [0.29, 0.717) is 5.95 Å². The van der Waals surface area contributed by atoms with E-state index in [-0.39, 0.29) is 25.1 Å². The van der Waals surface area contributed by atoms with Crippen molar-refractivity contribution in [2.75, 3.05) is 41.9 Å². The lowest BCUT2D eigenvalue weighted by Crippen LogP contribution is -2.30. The number of hydrazine groups is 1. The largest absolute Gasteiger partial charge is 0.394 e. The monoisotopic (exact) mass is 269 g/mol. The number of nitrogen functional groups attached to an aromatic ring is 1. The lowest BCUT2D eigenvalue weighted by molar-refractivity contribution is 0.203. The van der Waals surface area contributed by atoms with E-state index in [9.17, 15) is 0 Å². The summed E-state index contributed by atoms with van der Waals surface area (Å²) in [6.07, 6.45) is 2.21. The van der Waals surface area contributed by atoms with Crippen molar-refractivity contribution < 1.29 is 10.2 Å². The molecule has 2 heterocycles. The van der Waals surface area contributed by atoms with E-state index < -0.39 is 6.04 Å². The maximum Gasteiger partial charge on any atom is 0.243 e. The third kappa shape index (κ3) is 3.40. The third-order valence-corrected chi connectivity index (χ3v) is 2.92. The Morgan fingerprint density at radius 1 is 1.11 bits per heavy atom. The molecule has 106 valence electrons. The highest BCUT2D eigenvalue weighted by Crippen LogP contribution is 2.18. The van der Waals surface area contributed by atoms with Gasteiger partial charge in [0.25, 0.3) is 0 Å². The van der Waals surface area contributed by atoms with Crippen molar-refractivity contribution in [3.63, 3.8) is 0 Å². The number of hydrogen-bond acceptors (Lipinski definition) is 9. The first-order valence-corrected chi connectivity index (χ1v) is 6.22. The fourth-order valence-corrected chi connectivity index (χ4v) is 1.88. The summed E-state index contributed by atoms with van der Waals surface area (Å²) in [6.45, 7) is 1.37. The Labute approximate surface area is 110 Å². The van der Waals surface area contributed by atoms with Crippen molar-refractivity contribution >= 4 is 17.8 Å². The second-order valence-electron chi connectivity index (χ2n) is 4.33. The van der Waals surface area contributed by atoms with Crippen LogP contribution in [0.25, 0.3) is 0 Å². The number of nitrogens with zero attached hydrogens (tertiary/aromatic N) is 4. The van der Waals surface area contributed by atoms with Crippen molar-refractivity contribution in [1.29, 1.82) is 0 Å². The minimum absolute atomic E-state index is 0.216. The number of hydrogen-bond donors (Lipinski definition) is 5. The summed E-state index contributed by atoms with van der Waals surface area (Å²) in [4.78, 5) is 14.6. The van der Waals surface area contributed by atoms with Gasteiger partial charge in [-0.1, -0.05) is 0 Å². The molecule has 0 aromatic carbocycles. The van der Waals surface area contributed by atoms with E-state index in [2.05, 4.69) is 25.7 Å². The molecule has 1 fully saturated rings. The Kier molecular flexibility index (Phi) is 4.66. The van der Waals surface area contributed by atoms with Crippen LogP contribution in [0.3, 0.4) is 0 Å². The zero-order valence-electron chi connectivity index (χ0n) is 10.6. The standard InChI is InChI=1S/C10H19N7O2/c11-16-9-13-8(12-7(5-18)6-19)14-10(15-9)17-3-1-2-4-17/h7,18-19H,1-6,11H2,(H2,12,13,14,15,16). The predicted octanol–water partition coefficient (Wildman–Crippen LogP) is -1.48. The zero-order chi connectivity index (χ0) is 13.7. The van der Waals surface area contributed by atoms with E-state index in [0.717, 1.165) is 25.9 Å². The van der Waals surface area contributed by atoms with Crippen LogP contribution in [0.15, 0.2) is 0 Å². The first-order valence-electron chi connectivity index (χ1n) is 6.22. The fourth-order valence-electron chi connectivity index (χ4n) is 1.88. The van der Waals surface area contributed by atoms with Crippen LogP contribution in [0.5, 0.6) is 0 Å². The Bertz CT molecular complexity index is 407. The summed E-state index contributed by atoms with van der Waals surface area (Å²) in [7, 11) is 0. The molecule has 2 rings (SSSR count). The Hall–Kier alpha value is -1.71. The maximum atomic E-state index is 9.05. The smallest absolute Gasteiger partial charge is 0.243 e. The second kappa shape index (κ2) is 6.45. The summed E-state index contributed by atoms with van der Waals surface area (Å²) < 4.78 is 0. The lowest BCUT2D eigenvalue weighted by atomic mass is 10.3. The van der Waals surface area contributed by atoms with Gasteiger partial charge in [0.15, 0.2) is 0 Å². The molecule has 1 aliphatic rings. The van der Waals surface area contributed by atoms with Crippen LogP contribution in [0.4, 0.5) is 17.8 Å². The normalized spacial score (nSPS) is 15.1. The molecule has 6 N–H and O–H groups in total. The molecule has 9 nitrogen and oxygen atoms in total. The van der Waals surface area contributed by atoms with Gasteiger partial charge in [-0.25, -0.2) is 5.84 Å². The highest BCUT2D eigenvalue weighted by Gasteiger charge is 2.18. The van der Waals surface area contributed by atoms with Crippen molar-refractivity contribution in [3.8, 4) is 0 Å². The average molecular weight is 269 g/mol. The highest BCUT2D eigenvalue weighted by atomic mass is 16.3. The number of nitrogens with one attached hydrogen (secondary N) is 2. The third-order valence-electron chi connectivity index (χ3n) is 2.92. The molecule has 9 heteroatoms. The van der Waals surface area contributed by atoms with Crippen molar-refractivity contribution in [1.82, 2.24) is 15.0 Å². The first-order chi connectivity index (χ1) is 9.26. The van der Waals surface area contributed by atoms with Gasteiger partial charge in [-0.05, 0) is 12.8 Å². The molecule has 0 aliphatic carbocycles. The highest BCUT2D eigenvalue weighted by molar-refractivity contribution is 5.44. The van der Waals surface area contributed by atoms with Crippen LogP contribution < -0.4 is 21.5 Å². The SMILES string of the molecule is NNc1nc(NC(CO)CO)nc(N2CCCC2)n1. The predicted molar refractivity (Wildman–Crippen MR) is 70.7 cm³/mol. The van der Waals surface area contributed by atoms with Gasteiger partial charge in [0, 0.05) is 13.1 Å². The Balaban J connectivity index is 2.19. The van der Waals surface area contributed by atoms with Gasteiger partial charge in [-0.2, -0.15) is 15.0 Å². The van der Waals surface area contributed by atoms with E-state index in [4.69, 9.17) is 16.1 Å². The minimum atomic E-state index is -0.514. The number of aliphatic hydroxyl groups is 2. The molecule has 1 saturated heterocycles. The molecule has 0 saturated carbocycles. The number of aliphatic hydroxyl groups excluding tert-OH is 2. The molecular formula is C10H19N7O2. The van der Waals surface area contributed by atoms with Crippen LogP contribution in [0.1, 0.15) is 12.8 Å².